The summed E-state index contributed by atoms with van der Waals surface area (Å²) in [6, 6.07) is 4.60. The van der Waals surface area contributed by atoms with Crippen molar-refractivity contribution in [3.63, 3.8) is 0 Å². The molecular weight excluding hydrogens is 601 g/mol. The maximum atomic E-state index is 16.9. The minimum absolute atomic E-state index is 0.00800. The number of nitrogen functional groups attached to an aromatic ring is 1. The van der Waals surface area contributed by atoms with Crippen LogP contribution >= 0.6 is 22.9 Å². The molecule has 4 aliphatic heterocycles. The molecule has 0 bridgehead atoms. The van der Waals surface area contributed by atoms with Gasteiger partial charge in [0.1, 0.15) is 47.6 Å². The lowest BCUT2D eigenvalue weighted by molar-refractivity contribution is 0.107. The second-order valence-corrected chi connectivity index (χ2v) is 13.2. The van der Waals surface area contributed by atoms with Crippen molar-refractivity contribution in [2.24, 2.45) is 0 Å². The minimum Gasteiger partial charge on any atom is -0.489 e. The number of ether oxygens (including phenoxy) is 2. The first-order valence-corrected chi connectivity index (χ1v) is 15.5. The Hall–Kier alpha value is -3.53. The largest absolute Gasteiger partial charge is 0.489 e. The molecule has 3 atom stereocenters. The fraction of sp³-hybridized carbons (Fsp3) is 0.433. The van der Waals surface area contributed by atoms with Crippen LogP contribution in [0, 0.1) is 23.0 Å². The molecule has 2 aromatic carbocycles. The molecule has 8 rings (SSSR count). The number of anilines is 2. The fourth-order valence-corrected chi connectivity index (χ4v) is 8.79. The lowest BCUT2D eigenvalue weighted by Gasteiger charge is -2.31. The van der Waals surface area contributed by atoms with Crippen molar-refractivity contribution in [2.45, 2.75) is 49.9 Å². The Kier molecular flexibility index (Phi) is 6.13. The number of benzene rings is 2. The molecule has 6 heterocycles. The quantitative estimate of drug-likeness (QED) is 0.285. The van der Waals surface area contributed by atoms with E-state index in [2.05, 4.69) is 14.8 Å². The second kappa shape index (κ2) is 9.74. The lowest BCUT2D eigenvalue weighted by Crippen LogP contribution is -2.43. The molecule has 4 aliphatic rings. The highest BCUT2D eigenvalue weighted by molar-refractivity contribution is 7.23. The molecule has 2 N–H and O–H groups in total. The Morgan fingerprint density at radius 1 is 1.23 bits per heavy atom. The molecule has 222 valence electrons. The Balaban J connectivity index is 1.34. The molecule has 0 saturated carbocycles. The molecule has 0 radical (unpaired) electrons. The lowest BCUT2D eigenvalue weighted by atomic mass is 9.95. The first-order chi connectivity index (χ1) is 20.8. The number of rotatable bonds is 4. The van der Waals surface area contributed by atoms with E-state index < -0.39 is 23.3 Å². The zero-order chi connectivity index (χ0) is 29.6. The summed E-state index contributed by atoms with van der Waals surface area (Å²) in [6.45, 7) is 2.37. The summed E-state index contributed by atoms with van der Waals surface area (Å²) in [5.41, 5.74) is 5.75. The summed E-state index contributed by atoms with van der Waals surface area (Å²) in [5.74, 6) is -0.655. The Morgan fingerprint density at radius 2 is 2.09 bits per heavy atom. The van der Waals surface area contributed by atoms with Gasteiger partial charge >= 0.3 is 6.01 Å². The van der Waals surface area contributed by atoms with Gasteiger partial charge in [0.15, 0.2) is 11.6 Å². The highest BCUT2D eigenvalue weighted by Crippen LogP contribution is 2.51. The van der Waals surface area contributed by atoms with Crippen LogP contribution in [-0.4, -0.2) is 65.5 Å². The third-order valence-corrected chi connectivity index (χ3v) is 10.8. The number of fused-ring (bicyclic) bond motifs is 4. The standard InChI is InChI=1S/C30H26ClF3N6O2S/c31-22-20(16-4-5-18(33)26-19(16)17(10-35)27(36)43-26)23(34)24-21-25(22)41-12-15-3-1-8-40(15)28(21)38-29(37-24)42-13-30-6-2-7-39(30)11-14(32)9-30/h4-5,14-15H,1-3,6-9,11-13,36H2/t14-,15-,30+/m1/s1. The van der Waals surface area contributed by atoms with Crippen molar-refractivity contribution in [3.05, 3.63) is 34.4 Å². The summed E-state index contributed by atoms with van der Waals surface area (Å²) in [5, 5.41) is 10.5. The summed E-state index contributed by atoms with van der Waals surface area (Å²) in [7, 11) is 0. The van der Waals surface area contributed by atoms with Crippen LogP contribution in [0.5, 0.6) is 11.8 Å². The van der Waals surface area contributed by atoms with Crippen LogP contribution in [0.15, 0.2) is 12.1 Å². The Labute approximate surface area is 253 Å². The van der Waals surface area contributed by atoms with Gasteiger partial charge < -0.3 is 20.1 Å². The van der Waals surface area contributed by atoms with E-state index in [-0.39, 0.29) is 66.7 Å². The number of alkyl halides is 1. The zero-order valence-corrected chi connectivity index (χ0v) is 24.5. The molecule has 3 saturated heterocycles. The third kappa shape index (κ3) is 3.90. The topological polar surface area (TPSA) is 101 Å². The number of hydrogen-bond acceptors (Lipinski definition) is 9. The highest BCUT2D eigenvalue weighted by Gasteiger charge is 2.49. The van der Waals surface area contributed by atoms with Crippen LogP contribution in [0.1, 0.15) is 37.7 Å². The van der Waals surface area contributed by atoms with Crippen molar-refractivity contribution in [1.82, 2.24) is 14.9 Å². The predicted octanol–water partition coefficient (Wildman–Crippen LogP) is 6.21. The maximum Gasteiger partial charge on any atom is 0.319 e. The van der Waals surface area contributed by atoms with Gasteiger partial charge in [-0.3, -0.25) is 4.90 Å². The molecule has 0 spiro atoms. The van der Waals surface area contributed by atoms with Crippen LogP contribution in [-0.2, 0) is 0 Å². The highest BCUT2D eigenvalue weighted by atomic mass is 35.5. The first kappa shape index (κ1) is 27.0. The summed E-state index contributed by atoms with van der Waals surface area (Å²) in [6.07, 6.45) is 2.99. The van der Waals surface area contributed by atoms with E-state index >= 15 is 4.39 Å². The van der Waals surface area contributed by atoms with Crippen LogP contribution in [0.25, 0.3) is 32.1 Å². The second-order valence-electron chi connectivity index (χ2n) is 11.8. The number of hydrogen-bond donors (Lipinski definition) is 1. The van der Waals surface area contributed by atoms with Crippen LogP contribution in [0.2, 0.25) is 5.02 Å². The van der Waals surface area contributed by atoms with E-state index in [1.165, 1.54) is 12.1 Å². The number of thiophene rings is 1. The van der Waals surface area contributed by atoms with Gasteiger partial charge in [-0.05, 0) is 43.9 Å². The van der Waals surface area contributed by atoms with E-state index in [0.717, 1.165) is 43.6 Å². The summed E-state index contributed by atoms with van der Waals surface area (Å²) < 4.78 is 58.8. The molecule has 3 fully saturated rings. The van der Waals surface area contributed by atoms with E-state index in [1.54, 1.807) is 0 Å². The Bertz CT molecular complexity index is 1880. The number of nitriles is 1. The van der Waals surface area contributed by atoms with Gasteiger partial charge in [-0.15, -0.1) is 11.3 Å². The number of nitrogens with two attached hydrogens (primary N) is 1. The molecule has 4 aromatic rings. The molecule has 8 nitrogen and oxygen atoms in total. The third-order valence-electron chi connectivity index (χ3n) is 9.44. The molecule has 0 unspecified atom stereocenters. The van der Waals surface area contributed by atoms with Crippen molar-refractivity contribution in [1.29, 1.82) is 5.26 Å². The average Bonchev–Trinajstić information content (AvgIpc) is 3.73. The first-order valence-electron chi connectivity index (χ1n) is 14.3. The molecule has 0 amide bonds. The zero-order valence-electron chi connectivity index (χ0n) is 22.9. The number of nitrogens with zero attached hydrogens (tertiary/aromatic N) is 5. The van der Waals surface area contributed by atoms with Crippen molar-refractivity contribution < 1.29 is 22.6 Å². The van der Waals surface area contributed by atoms with Crippen LogP contribution in [0.3, 0.4) is 0 Å². The monoisotopic (exact) mass is 626 g/mol. The predicted molar refractivity (Wildman–Crippen MR) is 159 cm³/mol. The van der Waals surface area contributed by atoms with Gasteiger partial charge in [-0.1, -0.05) is 17.7 Å². The average molecular weight is 627 g/mol. The van der Waals surface area contributed by atoms with Gasteiger partial charge in [0.2, 0.25) is 0 Å². The summed E-state index contributed by atoms with van der Waals surface area (Å²) >= 11 is 7.87. The van der Waals surface area contributed by atoms with Crippen LogP contribution < -0.4 is 20.1 Å². The molecule has 0 aliphatic carbocycles. The minimum atomic E-state index is -0.921. The van der Waals surface area contributed by atoms with Gasteiger partial charge in [0, 0.05) is 30.5 Å². The van der Waals surface area contributed by atoms with Gasteiger partial charge in [0.05, 0.1) is 32.3 Å². The van der Waals surface area contributed by atoms with E-state index in [1.807, 2.05) is 6.07 Å². The van der Waals surface area contributed by atoms with Crippen molar-refractivity contribution in [3.8, 4) is 29.0 Å². The molecule has 2 aromatic heterocycles. The summed E-state index contributed by atoms with van der Waals surface area (Å²) in [4.78, 5) is 13.5. The molecular formula is C30H26ClF3N6O2S. The number of halogens is 4. The smallest absolute Gasteiger partial charge is 0.319 e. The van der Waals surface area contributed by atoms with Gasteiger partial charge in [-0.2, -0.15) is 15.2 Å². The maximum absolute atomic E-state index is 16.9. The van der Waals surface area contributed by atoms with E-state index in [9.17, 15) is 14.0 Å². The van der Waals surface area contributed by atoms with Gasteiger partial charge in [-0.25, -0.2) is 13.2 Å². The normalized spacial score (nSPS) is 24.7. The number of aromatic nitrogens is 2. The fourth-order valence-electron chi connectivity index (χ4n) is 7.50. The van der Waals surface area contributed by atoms with Crippen LogP contribution in [0.4, 0.5) is 24.0 Å². The van der Waals surface area contributed by atoms with E-state index in [0.29, 0.717) is 37.3 Å². The molecule has 13 heteroatoms. The SMILES string of the molecule is N#Cc1c(N)sc2c(F)ccc(-c3c(Cl)c4c5c(nc(OC[C@@]67CCCN6C[C@H](F)C7)nc5c3F)N3CCC[C@@H]3CO4)c12. The van der Waals surface area contributed by atoms with Crippen molar-refractivity contribution >= 4 is 54.7 Å². The van der Waals surface area contributed by atoms with Gasteiger partial charge in [0.25, 0.3) is 0 Å². The Morgan fingerprint density at radius 3 is 2.93 bits per heavy atom. The molecule has 43 heavy (non-hydrogen) atoms. The van der Waals surface area contributed by atoms with E-state index in [4.69, 9.17) is 31.8 Å². The van der Waals surface area contributed by atoms with Crippen molar-refractivity contribution in [2.75, 3.05) is 43.5 Å².